The standard InChI is InChI=1S/C32H45ClN3O6Si2/c1-43(2)42-27-18-40-29-26(17-39-30(27)29)41-32-34-25-16-24(33)28(35-31(25)36(32)19-38-14-15-44(3,4)5)22-8-6-20(7-9-22)21-10-12-23(37)13-11-21/h6-9,16,21,23,26-27,29-30,37H,10-15,17-19H2,1-5H3. The summed E-state index contributed by atoms with van der Waals surface area (Å²) in [6.45, 7) is 13.1. The van der Waals surface area contributed by atoms with Crippen molar-refractivity contribution in [1.29, 1.82) is 0 Å². The van der Waals surface area contributed by atoms with Crippen LogP contribution in [-0.2, 0) is 25.4 Å². The number of aliphatic hydroxyl groups excluding tert-OH is 1. The zero-order valence-corrected chi connectivity index (χ0v) is 29.2. The largest absolute Gasteiger partial charge is 0.456 e. The van der Waals surface area contributed by atoms with Gasteiger partial charge in [0.2, 0.25) is 9.04 Å². The number of nitrogens with zero attached hydrogens (tertiary/aromatic N) is 3. The monoisotopic (exact) mass is 658 g/mol. The van der Waals surface area contributed by atoms with Gasteiger partial charge in [-0.1, -0.05) is 55.5 Å². The van der Waals surface area contributed by atoms with E-state index in [4.69, 9.17) is 44.9 Å². The Bertz CT molecular complexity index is 1420. The molecule has 1 radical (unpaired) electrons. The van der Waals surface area contributed by atoms with E-state index in [0.29, 0.717) is 53.6 Å². The molecule has 4 heterocycles. The van der Waals surface area contributed by atoms with Crippen molar-refractivity contribution in [2.24, 2.45) is 0 Å². The van der Waals surface area contributed by atoms with Crippen LogP contribution in [0.5, 0.6) is 6.01 Å². The summed E-state index contributed by atoms with van der Waals surface area (Å²) in [5, 5.41) is 10.4. The summed E-state index contributed by atoms with van der Waals surface area (Å²) in [5.74, 6) is 0.476. The lowest BCUT2D eigenvalue weighted by Gasteiger charge is -2.25. The van der Waals surface area contributed by atoms with Crippen molar-refractivity contribution in [1.82, 2.24) is 14.5 Å². The Balaban J connectivity index is 1.26. The molecule has 239 valence electrons. The van der Waals surface area contributed by atoms with Gasteiger partial charge in [0.15, 0.2) is 11.8 Å². The molecule has 3 aliphatic rings. The van der Waals surface area contributed by atoms with Gasteiger partial charge >= 0.3 is 6.01 Å². The fraction of sp³-hybridized carbons (Fsp3) is 0.625. The first-order chi connectivity index (χ1) is 21.1. The molecule has 1 N–H and O–H groups in total. The predicted octanol–water partition coefficient (Wildman–Crippen LogP) is 6.26. The van der Waals surface area contributed by atoms with Crippen molar-refractivity contribution in [2.75, 3.05) is 19.8 Å². The molecular weight excluding hydrogens is 614 g/mol. The quantitative estimate of drug-likeness (QED) is 0.190. The fourth-order valence-electron chi connectivity index (χ4n) is 6.34. The summed E-state index contributed by atoms with van der Waals surface area (Å²) >= 11 is 6.82. The normalized spacial score (nSPS) is 27.4. The number of benzene rings is 1. The summed E-state index contributed by atoms with van der Waals surface area (Å²) in [6, 6.07) is 11.9. The molecular formula is C32H45ClN3O6Si2. The third-order valence-electron chi connectivity index (χ3n) is 8.81. The van der Waals surface area contributed by atoms with Crippen LogP contribution in [0.25, 0.3) is 22.4 Å². The number of aliphatic hydroxyl groups is 1. The van der Waals surface area contributed by atoms with E-state index in [9.17, 15) is 5.11 Å². The minimum Gasteiger partial charge on any atom is -0.456 e. The van der Waals surface area contributed by atoms with E-state index in [0.717, 1.165) is 37.3 Å². The molecule has 1 saturated carbocycles. The minimum atomic E-state index is -1.26. The Labute approximate surface area is 267 Å². The second kappa shape index (κ2) is 13.5. The molecule has 3 aromatic rings. The van der Waals surface area contributed by atoms with Crippen LogP contribution in [-0.4, -0.2) is 87.1 Å². The van der Waals surface area contributed by atoms with Crippen LogP contribution in [0.15, 0.2) is 30.3 Å². The molecule has 2 aliphatic heterocycles. The highest BCUT2D eigenvalue weighted by Gasteiger charge is 2.50. The molecule has 4 atom stereocenters. The number of hydrogen-bond donors (Lipinski definition) is 1. The highest BCUT2D eigenvalue weighted by molar-refractivity contribution is 6.76. The van der Waals surface area contributed by atoms with Crippen molar-refractivity contribution in [2.45, 2.75) is 108 Å². The smallest absolute Gasteiger partial charge is 0.301 e. The molecule has 0 spiro atoms. The van der Waals surface area contributed by atoms with Crippen molar-refractivity contribution in [3.8, 4) is 17.3 Å². The maximum absolute atomic E-state index is 9.91. The predicted molar refractivity (Wildman–Crippen MR) is 176 cm³/mol. The topological polar surface area (TPSA) is 97.1 Å². The number of imidazole rings is 1. The highest BCUT2D eigenvalue weighted by atomic mass is 35.5. The van der Waals surface area contributed by atoms with Gasteiger partial charge in [-0.2, -0.15) is 4.98 Å². The maximum atomic E-state index is 9.91. The summed E-state index contributed by atoms with van der Waals surface area (Å²) in [5.41, 5.74) is 4.23. The molecule has 4 unspecified atom stereocenters. The van der Waals surface area contributed by atoms with E-state index in [1.165, 1.54) is 5.56 Å². The summed E-state index contributed by atoms with van der Waals surface area (Å²) in [4.78, 5) is 9.86. The first kappa shape index (κ1) is 32.1. The second-order valence-corrected chi connectivity index (χ2v) is 21.9. The van der Waals surface area contributed by atoms with Gasteiger partial charge in [0.05, 0.1) is 36.1 Å². The summed E-state index contributed by atoms with van der Waals surface area (Å²) in [6.07, 6.45) is 2.82. The zero-order chi connectivity index (χ0) is 31.0. The van der Waals surface area contributed by atoms with Gasteiger partial charge in [-0.25, -0.2) is 4.98 Å². The van der Waals surface area contributed by atoms with Gasteiger partial charge in [0.1, 0.15) is 24.5 Å². The average molecular weight is 659 g/mol. The first-order valence-electron chi connectivity index (χ1n) is 15.9. The van der Waals surface area contributed by atoms with Crippen LogP contribution in [0, 0.1) is 0 Å². The number of fused-ring (bicyclic) bond motifs is 2. The molecule has 1 aromatic carbocycles. The van der Waals surface area contributed by atoms with Gasteiger partial charge in [0.25, 0.3) is 0 Å². The molecule has 12 heteroatoms. The van der Waals surface area contributed by atoms with Crippen LogP contribution < -0.4 is 4.74 Å². The first-order valence-corrected chi connectivity index (χ1v) is 22.3. The Morgan fingerprint density at radius 3 is 2.36 bits per heavy atom. The SMILES string of the molecule is C[Si](C)OC1COC2C(Oc3nc4cc(Cl)c(-c5ccc(C6CCC(O)CC6)cc5)nc4n3COCC[Si](C)(C)C)COC12. The molecule has 0 bridgehead atoms. The Hall–Kier alpha value is -1.84. The van der Waals surface area contributed by atoms with E-state index >= 15 is 0 Å². The number of pyridine rings is 1. The minimum absolute atomic E-state index is 0.0691. The lowest BCUT2D eigenvalue weighted by molar-refractivity contribution is 0.00947. The number of aromatic nitrogens is 3. The zero-order valence-electron chi connectivity index (χ0n) is 26.4. The van der Waals surface area contributed by atoms with Gasteiger partial charge < -0.3 is 28.5 Å². The summed E-state index contributed by atoms with van der Waals surface area (Å²) < 4.78 is 32.9. The molecule has 2 aromatic heterocycles. The number of halogens is 1. The fourth-order valence-corrected chi connectivity index (χ4v) is 8.16. The van der Waals surface area contributed by atoms with E-state index in [1.54, 1.807) is 0 Å². The summed E-state index contributed by atoms with van der Waals surface area (Å²) in [7, 11) is -2.14. The molecule has 3 fully saturated rings. The second-order valence-electron chi connectivity index (χ2n) is 13.8. The third-order valence-corrected chi connectivity index (χ3v) is 11.6. The van der Waals surface area contributed by atoms with E-state index in [-0.39, 0.29) is 37.3 Å². The lowest BCUT2D eigenvalue weighted by atomic mass is 9.82. The van der Waals surface area contributed by atoms with Crippen molar-refractivity contribution in [3.05, 3.63) is 40.9 Å². The molecule has 6 rings (SSSR count). The van der Waals surface area contributed by atoms with E-state index < -0.39 is 17.1 Å². The van der Waals surface area contributed by atoms with Crippen LogP contribution in [0.4, 0.5) is 0 Å². The average Bonchev–Trinajstić information content (AvgIpc) is 3.65. The number of ether oxygens (including phenoxy) is 4. The Morgan fingerprint density at radius 1 is 1.00 bits per heavy atom. The molecule has 9 nitrogen and oxygen atoms in total. The molecule has 0 amide bonds. The Kier molecular flexibility index (Phi) is 9.85. The van der Waals surface area contributed by atoms with Gasteiger partial charge in [-0.15, -0.1) is 0 Å². The molecule has 44 heavy (non-hydrogen) atoms. The Morgan fingerprint density at radius 2 is 1.68 bits per heavy atom. The number of rotatable bonds is 11. The molecule has 2 saturated heterocycles. The van der Waals surface area contributed by atoms with Crippen molar-refractivity contribution >= 4 is 39.9 Å². The number of hydrogen-bond acceptors (Lipinski definition) is 8. The van der Waals surface area contributed by atoms with Crippen LogP contribution >= 0.6 is 11.6 Å². The lowest BCUT2D eigenvalue weighted by Crippen LogP contribution is -2.37. The van der Waals surface area contributed by atoms with Crippen LogP contribution in [0.2, 0.25) is 43.8 Å². The molecule has 1 aliphatic carbocycles. The van der Waals surface area contributed by atoms with Crippen molar-refractivity contribution < 1.29 is 28.5 Å². The van der Waals surface area contributed by atoms with Gasteiger partial charge in [0, 0.05) is 20.2 Å². The van der Waals surface area contributed by atoms with E-state index in [2.05, 4.69) is 57.0 Å². The third kappa shape index (κ3) is 7.25. The van der Waals surface area contributed by atoms with E-state index in [1.807, 2.05) is 10.6 Å². The van der Waals surface area contributed by atoms with Crippen molar-refractivity contribution in [3.63, 3.8) is 0 Å². The maximum Gasteiger partial charge on any atom is 0.301 e. The van der Waals surface area contributed by atoms with Gasteiger partial charge in [-0.3, -0.25) is 4.57 Å². The van der Waals surface area contributed by atoms with Crippen LogP contribution in [0.3, 0.4) is 0 Å². The highest BCUT2D eigenvalue weighted by Crippen LogP contribution is 2.37. The van der Waals surface area contributed by atoms with Crippen LogP contribution in [0.1, 0.15) is 37.2 Å². The van der Waals surface area contributed by atoms with Gasteiger partial charge in [-0.05, 0) is 62.4 Å².